The molecule has 2 bridgehead atoms. The Kier molecular flexibility index (Phi) is 11.0. The maximum atomic E-state index is 14.3. The van der Waals surface area contributed by atoms with Crippen LogP contribution in [0.3, 0.4) is 0 Å². The maximum Gasteiger partial charge on any atom is 0.331 e. The van der Waals surface area contributed by atoms with Gasteiger partial charge in [-0.25, -0.2) is 4.79 Å². The lowest BCUT2D eigenvalue weighted by Crippen LogP contribution is -2.59. The lowest BCUT2D eigenvalue weighted by Gasteiger charge is -2.50. The largest absolute Gasteiger partial charge is 0.462 e. The van der Waals surface area contributed by atoms with Crippen molar-refractivity contribution < 1.29 is 43.5 Å². The fraction of sp³-hybridized carbons (Fsp3) is 0.684. The molecule has 4 aliphatic heterocycles. The number of allylic oxidation sites excluding steroid dienone is 5. The first-order chi connectivity index (χ1) is 22.2. The number of carbonyl (C=O) groups is 2. The predicted molar refractivity (Wildman–Crippen MR) is 177 cm³/mol. The third-order valence-corrected chi connectivity index (χ3v) is 10.3. The maximum absolute atomic E-state index is 14.3. The minimum Gasteiger partial charge on any atom is -0.462 e. The van der Waals surface area contributed by atoms with Crippen molar-refractivity contribution >= 4 is 11.9 Å². The van der Waals surface area contributed by atoms with Gasteiger partial charge in [0.25, 0.3) is 0 Å². The molecule has 0 amide bonds. The first-order valence-corrected chi connectivity index (χ1v) is 17.3. The Bertz CT molecular complexity index is 1340. The number of hydrogen-bond donors (Lipinski definition) is 2. The molecule has 0 saturated carbocycles. The van der Waals surface area contributed by atoms with Crippen LogP contribution in [0.1, 0.15) is 87.0 Å². The van der Waals surface area contributed by atoms with Gasteiger partial charge in [0.15, 0.2) is 5.79 Å². The van der Waals surface area contributed by atoms with Gasteiger partial charge in [-0.1, -0.05) is 69.2 Å². The average molecular weight is 655 g/mol. The van der Waals surface area contributed by atoms with Gasteiger partial charge in [0.05, 0.1) is 18.8 Å². The molecule has 4 heterocycles. The van der Waals surface area contributed by atoms with Crippen LogP contribution in [0.5, 0.6) is 0 Å². The lowest BCUT2D eigenvalue weighted by atomic mass is 9.70. The molecule has 1 spiro atoms. The van der Waals surface area contributed by atoms with E-state index in [1.807, 2.05) is 6.08 Å². The van der Waals surface area contributed by atoms with E-state index in [-0.39, 0.29) is 36.9 Å². The highest BCUT2D eigenvalue weighted by Gasteiger charge is 2.60. The van der Waals surface area contributed by atoms with Crippen LogP contribution in [0.4, 0.5) is 0 Å². The molecule has 5 rings (SSSR count). The summed E-state index contributed by atoms with van der Waals surface area (Å²) in [4.78, 5) is 26.6. The Morgan fingerprint density at radius 1 is 1.19 bits per heavy atom. The van der Waals surface area contributed by atoms with Gasteiger partial charge in [0.2, 0.25) is 0 Å². The van der Waals surface area contributed by atoms with Gasteiger partial charge in [-0.2, -0.15) is 0 Å². The quantitative estimate of drug-likeness (QED) is 0.225. The molecule has 2 N–H and O–H groups in total. The summed E-state index contributed by atoms with van der Waals surface area (Å²) in [5.74, 6) is -2.35. The van der Waals surface area contributed by atoms with Gasteiger partial charge in [0.1, 0.15) is 36.4 Å². The van der Waals surface area contributed by atoms with Crippen molar-refractivity contribution in [2.75, 3.05) is 13.2 Å². The molecule has 9 heteroatoms. The van der Waals surface area contributed by atoms with Crippen molar-refractivity contribution in [1.82, 2.24) is 0 Å². The van der Waals surface area contributed by atoms with Gasteiger partial charge in [0, 0.05) is 25.3 Å². The van der Waals surface area contributed by atoms with E-state index in [1.165, 1.54) is 17.7 Å². The van der Waals surface area contributed by atoms with Crippen molar-refractivity contribution in [3.63, 3.8) is 0 Å². The molecule has 0 radical (unpaired) electrons. The van der Waals surface area contributed by atoms with Crippen molar-refractivity contribution in [3.8, 4) is 0 Å². The molecule has 3 fully saturated rings. The monoisotopic (exact) mass is 654 g/mol. The smallest absolute Gasteiger partial charge is 0.331 e. The van der Waals surface area contributed by atoms with E-state index < -0.39 is 47.6 Å². The van der Waals surface area contributed by atoms with Crippen LogP contribution in [-0.4, -0.2) is 77.3 Å². The zero-order chi connectivity index (χ0) is 34.1. The second kappa shape index (κ2) is 14.5. The summed E-state index contributed by atoms with van der Waals surface area (Å²) >= 11 is 0. The van der Waals surface area contributed by atoms with E-state index in [0.29, 0.717) is 43.1 Å². The summed E-state index contributed by atoms with van der Waals surface area (Å²) in [7, 11) is 0. The van der Waals surface area contributed by atoms with Gasteiger partial charge < -0.3 is 33.9 Å². The number of esters is 2. The fourth-order valence-corrected chi connectivity index (χ4v) is 7.96. The van der Waals surface area contributed by atoms with Crippen LogP contribution < -0.4 is 0 Å². The molecule has 10 unspecified atom stereocenters. The highest BCUT2D eigenvalue weighted by molar-refractivity contribution is 5.83. The normalized spacial score (nSPS) is 39.4. The van der Waals surface area contributed by atoms with E-state index in [1.54, 1.807) is 19.9 Å². The Morgan fingerprint density at radius 2 is 1.96 bits per heavy atom. The number of aliphatic hydroxyl groups excluding tert-OH is 1. The average Bonchev–Trinajstić information content (AvgIpc) is 3.33. The number of fused-ring (bicyclic) bond motifs is 2. The molecular weight excluding hydrogens is 600 g/mol. The third kappa shape index (κ3) is 7.86. The first-order valence-electron chi connectivity index (χ1n) is 17.3. The lowest BCUT2D eigenvalue weighted by molar-refractivity contribution is -0.340. The number of carbonyl (C=O) groups excluding carboxylic acids is 2. The van der Waals surface area contributed by atoms with E-state index in [0.717, 1.165) is 18.4 Å². The second-order valence-corrected chi connectivity index (χ2v) is 15.1. The van der Waals surface area contributed by atoms with Crippen molar-refractivity contribution in [2.24, 2.45) is 23.7 Å². The summed E-state index contributed by atoms with van der Waals surface area (Å²) in [5, 5.41) is 23.7. The Labute approximate surface area is 279 Å². The summed E-state index contributed by atoms with van der Waals surface area (Å²) in [6.45, 7) is 14.1. The SMILES string of the molecule is CC(C)=CC(=O)OCC1=CC2C(=O)OC3CC(CC=C(C)CC(C)C=CC=C4COC(C1O)C42O)OC1(CCC(C)C(C(C)C)O1)C3. The molecule has 10 atom stereocenters. The van der Waals surface area contributed by atoms with Crippen LogP contribution in [0.25, 0.3) is 0 Å². The van der Waals surface area contributed by atoms with Crippen LogP contribution in [0.15, 0.2) is 58.7 Å². The van der Waals surface area contributed by atoms with Gasteiger partial charge in [-0.05, 0) is 68.9 Å². The number of ether oxygens (including phenoxy) is 5. The summed E-state index contributed by atoms with van der Waals surface area (Å²) in [6, 6.07) is 0. The molecule has 0 aromatic carbocycles. The first kappa shape index (κ1) is 35.7. The minimum atomic E-state index is -1.86. The zero-order valence-corrected chi connectivity index (χ0v) is 29.1. The molecule has 0 aromatic heterocycles. The predicted octanol–water partition coefficient (Wildman–Crippen LogP) is 5.66. The summed E-state index contributed by atoms with van der Waals surface area (Å²) < 4.78 is 31.3. The van der Waals surface area contributed by atoms with Crippen molar-refractivity contribution in [2.45, 2.75) is 129 Å². The molecule has 260 valence electrons. The minimum absolute atomic E-state index is 0.0193. The van der Waals surface area contributed by atoms with Crippen LogP contribution in [-0.2, 0) is 33.3 Å². The standard InChI is InChI=1S/C38H54O9/c1-22(2)15-32(39)43-20-27-17-31-36(41)45-30-18-29(46-37(19-30)14-13-26(7)34(47-37)23(3)4)12-11-25(6)16-24(5)9-8-10-28-21-44-35(33(27)40)38(28,31)42/h8-11,15,17,23-24,26,29-31,33-35,40,42H,12-14,16,18-21H2,1-7H3. The summed E-state index contributed by atoms with van der Waals surface area (Å²) in [5.41, 5.74) is 0.927. The highest BCUT2D eigenvalue weighted by Crippen LogP contribution is 2.47. The van der Waals surface area contributed by atoms with Gasteiger partial charge in [-0.15, -0.1) is 0 Å². The second-order valence-electron chi connectivity index (χ2n) is 15.1. The molecule has 47 heavy (non-hydrogen) atoms. The Hall–Kier alpha value is -2.56. The topological polar surface area (TPSA) is 121 Å². The van der Waals surface area contributed by atoms with Gasteiger partial charge >= 0.3 is 11.9 Å². The highest BCUT2D eigenvalue weighted by atomic mass is 16.7. The fourth-order valence-electron chi connectivity index (χ4n) is 7.96. The van der Waals surface area contributed by atoms with Crippen molar-refractivity contribution in [3.05, 3.63) is 58.7 Å². The molecule has 1 aliphatic carbocycles. The molecular formula is C38H54O9. The van der Waals surface area contributed by atoms with Crippen molar-refractivity contribution in [1.29, 1.82) is 0 Å². The number of aliphatic hydroxyl groups is 2. The van der Waals surface area contributed by atoms with Crippen LogP contribution >= 0.6 is 0 Å². The summed E-state index contributed by atoms with van der Waals surface area (Å²) in [6.07, 6.45) is 11.7. The van der Waals surface area contributed by atoms with Gasteiger partial charge in [-0.3, -0.25) is 4.79 Å². The Balaban J connectivity index is 1.52. The van der Waals surface area contributed by atoms with E-state index >= 15 is 0 Å². The molecule has 3 saturated heterocycles. The van der Waals surface area contributed by atoms with E-state index in [4.69, 9.17) is 23.7 Å². The third-order valence-electron chi connectivity index (χ3n) is 10.3. The number of rotatable bonds is 4. The molecule has 0 aromatic rings. The molecule has 9 nitrogen and oxygen atoms in total. The zero-order valence-electron chi connectivity index (χ0n) is 29.1. The number of hydrogen-bond acceptors (Lipinski definition) is 9. The Morgan fingerprint density at radius 3 is 2.68 bits per heavy atom. The van der Waals surface area contributed by atoms with E-state index in [9.17, 15) is 19.8 Å². The van der Waals surface area contributed by atoms with Crippen LogP contribution in [0, 0.1) is 23.7 Å². The molecule has 5 aliphatic rings. The van der Waals surface area contributed by atoms with E-state index in [2.05, 4.69) is 46.8 Å². The van der Waals surface area contributed by atoms with Crippen LogP contribution in [0.2, 0.25) is 0 Å².